The van der Waals surface area contributed by atoms with Crippen LogP contribution in [0.1, 0.15) is 11.1 Å². The lowest BCUT2D eigenvalue weighted by atomic mass is 10.1. The topological polar surface area (TPSA) is 86.8 Å². The van der Waals surface area contributed by atoms with Crippen LogP contribution in [0.5, 0.6) is 0 Å². The Hall–Kier alpha value is -2.91. The van der Waals surface area contributed by atoms with Crippen molar-refractivity contribution in [1.82, 2.24) is 4.90 Å². The van der Waals surface area contributed by atoms with Gasteiger partial charge in [0, 0.05) is 22.8 Å². The van der Waals surface area contributed by atoms with Crippen LogP contribution in [0, 0.1) is 6.92 Å². The van der Waals surface area contributed by atoms with E-state index < -0.39 is 23.6 Å². The van der Waals surface area contributed by atoms with Gasteiger partial charge >= 0.3 is 0 Å². The van der Waals surface area contributed by atoms with Crippen LogP contribution in [0.15, 0.2) is 51.8 Å². The Bertz CT molecular complexity index is 1160. The molecule has 0 aromatic heterocycles. The number of carbonyl (C=O) groups excluding carboxylic acids is 4. The molecular weight excluding hydrogens is 470 g/mol. The fraction of sp³-hybridized carbons (Fsp3) is 0.143. The molecular formula is C21H16BrN3O4S. The maximum Gasteiger partial charge on any atom is 0.294 e. The molecule has 0 saturated carbocycles. The number of halogens is 1. The van der Waals surface area contributed by atoms with Crippen molar-refractivity contribution in [3.05, 3.63) is 63.0 Å². The van der Waals surface area contributed by atoms with E-state index in [1.807, 2.05) is 19.1 Å². The monoisotopic (exact) mass is 485 g/mol. The number of benzene rings is 2. The number of aryl methyl sites for hydroxylation is 1. The van der Waals surface area contributed by atoms with E-state index in [0.717, 1.165) is 14.9 Å². The summed E-state index contributed by atoms with van der Waals surface area (Å²) in [6.45, 7) is 1.42. The second-order valence-corrected chi connectivity index (χ2v) is 8.73. The summed E-state index contributed by atoms with van der Waals surface area (Å²) in [7, 11) is 1.61. The summed E-state index contributed by atoms with van der Waals surface area (Å²) in [5.41, 5.74) is 2.89. The zero-order chi connectivity index (χ0) is 21.6. The van der Waals surface area contributed by atoms with Crippen LogP contribution in [0.3, 0.4) is 0 Å². The van der Waals surface area contributed by atoms with Gasteiger partial charge in [0.1, 0.15) is 6.54 Å². The van der Waals surface area contributed by atoms with Crippen molar-refractivity contribution in [3.63, 3.8) is 0 Å². The molecule has 4 rings (SSSR count). The van der Waals surface area contributed by atoms with E-state index in [0.29, 0.717) is 28.7 Å². The molecule has 152 valence electrons. The molecule has 0 bridgehead atoms. The zero-order valence-corrected chi connectivity index (χ0v) is 18.5. The summed E-state index contributed by atoms with van der Waals surface area (Å²) in [6, 6.07) is 12.5. The summed E-state index contributed by atoms with van der Waals surface area (Å²) in [5.74, 6) is -1.50. The Morgan fingerprint density at radius 3 is 2.57 bits per heavy atom. The summed E-state index contributed by atoms with van der Waals surface area (Å²) >= 11 is 4.06. The third kappa shape index (κ3) is 3.44. The maximum atomic E-state index is 13.0. The summed E-state index contributed by atoms with van der Waals surface area (Å²) in [4.78, 5) is 53.0. The first kappa shape index (κ1) is 20.4. The van der Waals surface area contributed by atoms with Gasteiger partial charge in [0.15, 0.2) is 0 Å². The predicted molar refractivity (Wildman–Crippen MR) is 119 cm³/mol. The van der Waals surface area contributed by atoms with Crippen LogP contribution >= 0.6 is 27.7 Å². The maximum absolute atomic E-state index is 13.0. The van der Waals surface area contributed by atoms with Gasteiger partial charge < -0.3 is 10.2 Å². The second kappa shape index (κ2) is 7.73. The van der Waals surface area contributed by atoms with Crippen molar-refractivity contribution in [2.75, 3.05) is 23.8 Å². The molecule has 4 amide bonds. The number of nitrogens with one attached hydrogen (secondary N) is 1. The Morgan fingerprint density at radius 1 is 1.10 bits per heavy atom. The summed E-state index contributed by atoms with van der Waals surface area (Å²) in [5, 5.41) is 2.13. The third-order valence-corrected chi connectivity index (χ3v) is 6.38. The molecule has 9 heteroatoms. The quantitative estimate of drug-likeness (QED) is 0.668. The van der Waals surface area contributed by atoms with E-state index in [1.54, 1.807) is 37.4 Å². The smallest absolute Gasteiger partial charge is 0.294 e. The number of fused-ring (bicyclic) bond motifs is 1. The predicted octanol–water partition coefficient (Wildman–Crippen LogP) is 3.78. The van der Waals surface area contributed by atoms with Crippen molar-refractivity contribution in [1.29, 1.82) is 0 Å². The van der Waals surface area contributed by atoms with Gasteiger partial charge in [0.05, 0.1) is 16.2 Å². The lowest BCUT2D eigenvalue weighted by molar-refractivity contribution is -0.127. The average molecular weight is 486 g/mol. The number of amides is 4. The second-order valence-electron chi connectivity index (χ2n) is 6.85. The number of carbonyl (C=O) groups is 4. The largest absolute Gasteiger partial charge is 0.324 e. The fourth-order valence-electron chi connectivity index (χ4n) is 3.35. The number of para-hydroxylation sites is 1. The number of nitrogens with zero attached hydrogens (tertiary/aromatic N) is 2. The lowest BCUT2D eigenvalue weighted by Gasteiger charge is -2.13. The van der Waals surface area contributed by atoms with E-state index in [4.69, 9.17) is 0 Å². The SMILES string of the molecule is Cc1ccccc1NC(=O)CN1C(=O)SC(=C2C(=O)N(C)c3ccc(Br)cc32)C1=O. The van der Waals surface area contributed by atoms with Crippen LogP contribution < -0.4 is 10.2 Å². The van der Waals surface area contributed by atoms with E-state index in [2.05, 4.69) is 21.2 Å². The number of hydrogen-bond donors (Lipinski definition) is 1. The van der Waals surface area contributed by atoms with Gasteiger partial charge in [-0.05, 0) is 48.5 Å². The molecule has 2 aromatic carbocycles. The molecule has 0 aliphatic carbocycles. The highest BCUT2D eigenvalue weighted by Crippen LogP contribution is 2.44. The molecule has 7 nitrogen and oxygen atoms in total. The van der Waals surface area contributed by atoms with Gasteiger partial charge in [0.2, 0.25) is 5.91 Å². The average Bonchev–Trinajstić information content (AvgIpc) is 3.11. The van der Waals surface area contributed by atoms with E-state index >= 15 is 0 Å². The number of anilines is 2. The highest BCUT2D eigenvalue weighted by atomic mass is 79.9. The van der Waals surface area contributed by atoms with Gasteiger partial charge in [-0.2, -0.15) is 0 Å². The molecule has 30 heavy (non-hydrogen) atoms. The fourth-order valence-corrected chi connectivity index (χ4v) is 4.64. The van der Waals surface area contributed by atoms with Gasteiger partial charge in [-0.1, -0.05) is 34.1 Å². The first-order valence-electron chi connectivity index (χ1n) is 8.99. The molecule has 1 N–H and O–H groups in total. The molecule has 1 saturated heterocycles. The van der Waals surface area contributed by atoms with E-state index in [-0.39, 0.29) is 16.4 Å². The Balaban J connectivity index is 1.62. The highest BCUT2D eigenvalue weighted by Gasteiger charge is 2.43. The van der Waals surface area contributed by atoms with E-state index in [9.17, 15) is 19.2 Å². The van der Waals surface area contributed by atoms with Crippen LogP contribution in [-0.2, 0) is 14.4 Å². The zero-order valence-electron chi connectivity index (χ0n) is 16.1. The Labute approximate surface area is 185 Å². The molecule has 0 atom stereocenters. The minimum Gasteiger partial charge on any atom is -0.324 e. The van der Waals surface area contributed by atoms with Crippen LogP contribution in [0.25, 0.3) is 5.57 Å². The molecule has 0 radical (unpaired) electrons. The van der Waals surface area contributed by atoms with Crippen molar-refractivity contribution >= 4 is 67.6 Å². The van der Waals surface area contributed by atoms with Crippen molar-refractivity contribution in [2.45, 2.75) is 6.92 Å². The van der Waals surface area contributed by atoms with Crippen LogP contribution in [0.4, 0.5) is 16.2 Å². The third-order valence-electron chi connectivity index (χ3n) is 4.90. The molecule has 1 fully saturated rings. The first-order valence-corrected chi connectivity index (χ1v) is 10.6. The normalized spacial score (nSPS) is 18.3. The number of hydrogen-bond acceptors (Lipinski definition) is 5. The van der Waals surface area contributed by atoms with Gasteiger partial charge in [0.25, 0.3) is 17.1 Å². The Kier molecular flexibility index (Phi) is 5.25. The molecule has 2 aliphatic rings. The van der Waals surface area contributed by atoms with Crippen LogP contribution in [0.2, 0.25) is 0 Å². The van der Waals surface area contributed by atoms with Gasteiger partial charge in [-0.3, -0.25) is 24.1 Å². The number of likely N-dealkylation sites (N-methyl/N-ethyl adjacent to an activating group) is 1. The van der Waals surface area contributed by atoms with Crippen LogP contribution in [-0.4, -0.2) is 41.5 Å². The Morgan fingerprint density at radius 2 is 1.83 bits per heavy atom. The summed E-state index contributed by atoms with van der Waals surface area (Å²) in [6.07, 6.45) is 0. The first-order chi connectivity index (χ1) is 14.3. The highest BCUT2D eigenvalue weighted by molar-refractivity contribution is 9.10. The molecule has 2 aliphatic heterocycles. The lowest BCUT2D eigenvalue weighted by Crippen LogP contribution is -2.36. The van der Waals surface area contributed by atoms with E-state index in [1.165, 1.54) is 4.90 Å². The number of rotatable bonds is 3. The van der Waals surface area contributed by atoms with Gasteiger partial charge in [-0.15, -0.1) is 0 Å². The number of thioether (sulfide) groups is 1. The number of imide groups is 1. The van der Waals surface area contributed by atoms with Crippen molar-refractivity contribution in [3.8, 4) is 0 Å². The molecule has 0 spiro atoms. The van der Waals surface area contributed by atoms with Gasteiger partial charge in [-0.25, -0.2) is 0 Å². The minimum absolute atomic E-state index is 0.0393. The van der Waals surface area contributed by atoms with Crippen molar-refractivity contribution < 1.29 is 19.2 Å². The molecule has 2 aromatic rings. The summed E-state index contributed by atoms with van der Waals surface area (Å²) < 4.78 is 0.749. The van der Waals surface area contributed by atoms with Crippen molar-refractivity contribution in [2.24, 2.45) is 0 Å². The minimum atomic E-state index is -0.644. The molecule has 0 unspecified atom stereocenters. The standard InChI is InChI=1S/C21H16BrN3O4S/c1-11-5-3-4-6-14(11)23-16(26)10-25-20(28)18(30-21(25)29)17-13-9-12(22)7-8-15(13)24(2)19(17)27/h3-9H,10H2,1-2H3,(H,23,26). The molecule has 2 heterocycles.